The zero-order chi connectivity index (χ0) is 25.7. The van der Waals surface area contributed by atoms with E-state index in [0.29, 0.717) is 37.5 Å². The average Bonchev–Trinajstić information content (AvgIpc) is 3.31. The number of nitrogens with one attached hydrogen (secondary N) is 1. The first-order chi connectivity index (χ1) is 17.3. The summed E-state index contributed by atoms with van der Waals surface area (Å²) >= 11 is 0. The van der Waals surface area contributed by atoms with Gasteiger partial charge >= 0.3 is 0 Å². The fraction of sp³-hybridized carbons (Fsp3) is 0.393. The van der Waals surface area contributed by atoms with Gasteiger partial charge in [0.1, 0.15) is 17.0 Å². The Morgan fingerprint density at radius 1 is 1.14 bits per heavy atom. The Balaban J connectivity index is 1.60. The van der Waals surface area contributed by atoms with Crippen molar-refractivity contribution >= 4 is 11.8 Å². The lowest BCUT2D eigenvalue weighted by Gasteiger charge is -2.43. The summed E-state index contributed by atoms with van der Waals surface area (Å²) in [5, 5.41) is 7.73. The molecule has 0 fully saturated rings. The first kappa shape index (κ1) is 25.4. The van der Waals surface area contributed by atoms with E-state index >= 15 is 0 Å². The maximum Gasteiger partial charge on any atom is 0.273 e. The van der Waals surface area contributed by atoms with Gasteiger partial charge in [-0.3, -0.25) is 14.3 Å². The zero-order valence-corrected chi connectivity index (χ0v) is 21.4. The second kappa shape index (κ2) is 11.0. The van der Waals surface area contributed by atoms with E-state index in [2.05, 4.69) is 5.32 Å². The van der Waals surface area contributed by atoms with E-state index in [1.807, 2.05) is 75.4 Å². The van der Waals surface area contributed by atoms with Gasteiger partial charge < -0.3 is 19.7 Å². The molecule has 1 aromatic heterocycles. The summed E-state index contributed by atoms with van der Waals surface area (Å²) in [6.45, 7) is 7.33. The lowest BCUT2D eigenvalue weighted by molar-refractivity contribution is -0.133. The highest BCUT2D eigenvalue weighted by Gasteiger charge is 2.47. The lowest BCUT2D eigenvalue weighted by Crippen LogP contribution is -2.64. The smallest absolute Gasteiger partial charge is 0.273 e. The molecule has 8 nitrogen and oxygen atoms in total. The third-order valence-electron chi connectivity index (χ3n) is 6.45. The molecule has 36 heavy (non-hydrogen) atoms. The third kappa shape index (κ3) is 5.44. The molecule has 0 spiro atoms. The summed E-state index contributed by atoms with van der Waals surface area (Å²) < 4.78 is 12.6. The zero-order valence-electron chi connectivity index (χ0n) is 21.4. The molecular weight excluding hydrogens is 456 g/mol. The van der Waals surface area contributed by atoms with Gasteiger partial charge in [-0.2, -0.15) is 5.10 Å². The topological polar surface area (TPSA) is 85.7 Å². The molecule has 2 heterocycles. The maximum atomic E-state index is 13.7. The van der Waals surface area contributed by atoms with E-state index in [1.165, 1.54) is 0 Å². The van der Waals surface area contributed by atoms with Crippen molar-refractivity contribution in [3.05, 3.63) is 71.9 Å². The van der Waals surface area contributed by atoms with E-state index < -0.39 is 5.54 Å². The summed E-state index contributed by atoms with van der Waals surface area (Å²) in [6.07, 6.45) is 0.737. The predicted molar refractivity (Wildman–Crippen MR) is 138 cm³/mol. The Labute approximate surface area is 212 Å². The Morgan fingerprint density at radius 3 is 2.53 bits per heavy atom. The molecule has 3 aromatic rings. The van der Waals surface area contributed by atoms with Crippen LogP contribution in [0.1, 0.15) is 43.2 Å². The number of rotatable bonds is 10. The molecule has 0 aliphatic carbocycles. The van der Waals surface area contributed by atoms with Crippen LogP contribution in [0.4, 0.5) is 0 Å². The molecule has 1 atom stereocenters. The molecule has 2 amide bonds. The Hall–Kier alpha value is -3.65. The highest BCUT2D eigenvalue weighted by Crippen LogP contribution is 2.31. The van der Waals surface area contributed by atoms with Crippen molar-refractivity contribution in [3.8, 4) is 17.0 Å². The standard InChI is InChI=1S/C28H34N4O4/c1-20(2)36-16-8-15-31-26(33)25-17-24(22-11-13-23(35-4)14-12-22)30-32(25)19-28(31,3)27(34)29-18-21-9-6-5-7-10-21/h5-7,9-14,17,20H,8,15-16,18-19H2,1-4H3,(H,29,34). The van der Waals surface area contributed by atoms with Gasteiger partial charge in [0.05, 0.1) is 25.5 Å². The summed E-state index contributed by atoms with van der Waals surface area (Å²) in [7, 11) is 1.62. The first-order valence-electron chi connectivity index (χ1n) is 12.3. The van der Waals surface area contributed by atoms with Crippen molar-refractivity contribution in [1.29, 1.82) is 0 Å². The molecule has 1 aliphatic heterocycles. The number of hydrogen-bond acceptors (Lipinski definition) is 5. The highest BCUT2D eigenvalue weighted by molar-refractivity contribution is 6.00. The van der Waals surface area contributed by atoms with Gasteiger partial charge in [-0.1, -0.05) is 30.3 Å². The quantitative estimate of drug-likeness (QED) is 0.436. The molecule has 1 aliphatic rings. The van der Waals surface area contributed by atoms with Crippen LogP contribution >= 0.6 is 0 Å². The molecular formula is C28H34N4O4. The van der Waals surface area contributed by atoms with Crippen LogP contribution in [0.3, 0.4) is 0 Å². The molecule has 8 heteroatoms. The number of methoxy groups -OCH3 is 1. The highest BCUT2D eigenvalue weighted by atomic mass is 16.5. The second-order valence-electron chi connectivity index (χ2n) is 9.47. The summed E-state index contributed by atoms with van der Waals surface area (Å²) in [6, 6.07) is 19.1. The monoisotopic (exact) mass is 490 g/mol. The van der Waals surface area contributed by atoms with Gasteiger partial charge in [-0.05, 0) is 63.1 Å². The van der Waals surface area contributed by atoms with Crippen LogP contribution in [-0.4, -0.2) is 58.4 Å². The molecule has 1 N–H and O–H groups in total. The number of hydrogen-bond donors (Lipinski definition) is 1. The van der Waals surface area contributed by atoms with E-state index in [1.54, 1.807) is 22.8 Å². The van der Waals surface area contributed by atoms with Crippen LogP contribution in [0.5, 0.6) is 5.75 Å². The molecule has 2 aromatic carbocycles. The molecule has 0 radical (unpaired) electrons. The van der Waals surface area contributed by atoms with Crippen LogP contribution in [0.2, 0.25) is 0 Å². The minimum Gasteiger partial charge on any atom is -0.497 e. The number of nitrogens with zero attached hydrogens (tertiary/aromatic N) is 3. The molecule has 0 saturated heterocycles. The van der Waals surface area contributed by atoms with Crippen molar-refractivity contribution in [2.45, 2.75) is 51.9 Å². The van der Waals surface area contributed by atoms with Crippen LogP contribution in [-0.2, 0) is 22.6 Å². The molecule has 190 valence electrons. The minimum atomic E-state index is -1.10. The Morgan fingerprint density at radius 2 is 1.86 bits per heavy atom. The van der Waals surface area contributed by atoms with E-state index in [4.69, 9.17) is 14.6 Å². The fourth-order valence-electron chi connectivity index (χ4n) is 4.40. The molecule has 4 rings (SSSR count). The largest absolute Gasteiger partial charge is 0.497 e. The molecule has 0 bridgehead atoms. The third-order valence-corrected chi connectivity index (χ3v) is 6.45. The van der Waals surface area contributed by atoms with Crippen molar-refractivity contribution in [1.82, 2.24) is 20.0 Å². The van der Waals surface area contributed by atoms with Crippen molar-refractivity contribution in [3.63, 3.8) is 0 Å². The van der Waals surface area contributed by atoms with Crippen LogP contribution in [0.25, 0.3) is 11.3 Å². The van der Waals surface area contributed by atoms with Gasteiger partial charge in [-0.15, -0.1) is 0 Å². The second-order valence-corrected chi connectivity index (χ2v) is 9.47. The number of ether oxygens (including phenoxy) is 2. The molecule has 1 unspecified atom stereocenters. The van der Waals surface area contributed by atoms with Crippen LogP contribution in [0.15, 0.2) is 60.7 Å². The fourth-order valence-corrected chi connectivity index (χ4v) is 4.40. The number of benzene rings is 2. The average molecular weight is 491 g/mol. The summed E-state index contributed by atoms with van der Waals surface area (Å²) in [4.78, 5) is 28.9. The minimum absolute atomic E-state index is 0.107. The number of aromatic nitrogens is 2. The number of amides is 2. The van der Waals surface area contributed by atoms with Crippen molar-refractivity contribution in [2.75, 3.05) is 20.3 Å². The van der Waals surface area contributed by atoms with E-state index in [9.17, 15) is 9.59 Å². The van der Waals surface area contributed by atoms with E-state index in [-0.39, 0.29) is 24.5 Å². The van der Waals surface area contributed by atoms with Gasteiger partial charge in [0.15, 0.2) is 0 Å². The Kier molecular flexibility index (Phi) is 7.74. The van der Waals surface area contributed by atoms with E-state index in [0.717, 1.165) is 16.9 Å². The summed E-state index contributed by atoms with van der Waals surface area (Å²) in [5.74, 6) is 0.323. The van der Waals surface area contributed by atoms with Crippen molar-refractivity contribution in [2.24, 2.45) is 0 Å². The predicted octanol–water partition coefficient (Wildman–Crippen LogP) is 3.90. The van der Waals surface area contributed by atoms with Crippen LogP contribution < -0.4 is 10.1 Å². The maximum absolute atomic E-state index is 13.7. The van der Waals surface area contributed by atoms with Gasteiger partial charge in [0, 0.05) is 25.3 Å². The van der Waals surface area contributed by atoms with Gasteiger partial charge in [-0.25, -0.2) is 0 Å². The normalized spacial score (nSPS) is 17.2. The lowest BCUT2D eigenvalue weighted by atomic mass is 9.94. The number of carbonyl (C=O) groups excluding carboxylic acids is 2. The Bertz CT molecular complexity index is 1190. The van der Waals surface area contributed by atoms with Gasteiger partial charge in [0.25, 0.3) is 5.91 Å². The van der Waals surface area contributed by atoms with Crippen molar-refractivity contribution < 1.29 is 19.1 Å². The summed E-state index contributed by atoms with van der Waals surface area (Å²) in [5.41, 5.74) is 1.92. The number of carbonyl (C=O) groups is 2. The number of fused-ring (bicyclic) bond motifs is 1. The van der Waals surface area contributed by atoms with Crippen LogP contribution in [0, 0.1) is 0 Å². The first-order valence-corrected chi connectivity index (χ1v) is 12.3. The van der Waals surface area contributed by atoms with Gasteiger partial charge in [0.2, 0.25) is 5.91 Å². The molecule has 0 saturated carbocycles. The SMILES string of the molecule is COc1ccc(-c2cc3n(n2)CC(C)(C(=O)NCc2ccccc2)N(CCCOC(C)C)C3=O)cc1.